The maximum absolute atomic E-state index is 13.4. The zero-order chi connectivity index (χ0) is 25.5. The molecule has 9 heteroatoms. The van der Waals surface area contributed by atoms with Gasteiger partial charge in [0.15, 0.2) is 0 Å². The number of carbonyl (C=O) groups is 3. The van der Waals surface area contributed by atoms with Crippen molar-refractivity contribution in [3.63, 3.8) is 0 Å². The van der Waals surface area contributed by atoms with Crippen molar-refractivity contribution < 1.29 is 23.9 Å². The highest BCUT2D eigenvalue weighted by Gasteiger charge is 2.31. The highest BCUT2D eigenvalue weighted by molar-refractivity contribution is 5.99. The number of anilines is 1. The average molecular weight is 483 g/mol. The van der Waals surface area contributed by atoms with Gasteiger partial charge in [-0.3, -0.25) is 19.4 Å². The maximum atomic E-state index is 13.4. The number of aromatic nitrogens is 1. The molecule has 0 fully saturated rings. The van der Waals surface area contributed by atoms with Gasteiger partial charge in [0.05, 0.1) is 23.3 Å². The second-order valence-corrected chi connectivity index (χ2v) is 8.91. The summed E-state index contributed by atoms with van der Waals surface area (Å²) in [5.74, 6) is -0.202. The van der Waals surface area contributed by atoms with Gasteiger partial charge in [0.2, 0.25) is 5.91 Å². The zero-order valence-corrected chi connectivity index (χ0v) is 21.0. The van der Waals surface area contributed by atoms with E-state index >= 15 is 0 Å². The molecular weight excluding hydrogens is 448 g/mol. The van der Waals surface area contributed by atoms with Crippen molar-refractivity contribution in [2.75, 3.05) is 39.2 Å². The molecule has 3 rings (SSSR count). The fraction of sp³-hybridized carbons (Fsp3) is 0.462. The summed E-state index contributed by atoms with van der Waals surface area (Å²) in [4.78, 5) is 46.1. The van der Waals surface area contributed by atoms with Gasteiger partial charge in [-0.05, 0) is 37.3 Å². The van der Waals surface area contributed by atoms with E-state index in [9.17, 15) is 14.4 Å². The van der Waals surface area contributed by atoms with Gasteiger partial charge in [0, 0.05) is 57.7 Å². The van der Waals surface area contributed by atoms with Crippen LogP contribution in [-0.4, -0.2) is 78.5 Å². The normalized spacial score (nSPS) is 21.3. The molecule has 1 aromatic heterocycles. The minimum atomic E-state index is -0.299. The average Bonchev–Trinajstić information content (AvgIpc) is 2.88. The number of hydrogen-bond acceptors (Lipinski definition) is 6. The lowest BCUT2D eigenvalue weighted by Gasteiger charge is -2.36. The van der Waals surface area contributed by atoms with Gasteiger partial charge < -0.3 is 24.6 Å². The van der Waals surface area contributed by atoms with Crippen LogP contribution >= 0.6 is 0 Å². The molecule has 0 radical (unpaired) electrons. The second-order valence-electron chi connectivity index (χ2n) is 8.91. The van der Waals surface area contributed by atoms with E-state index in [2.05, 4.69) is 10.3 Å². The van der Waals surface area contributed by atoms with E-state index in [1.54, 1.807) is 73.6 Å². The summed E-state index contributed by atoms with van der Waals surface area (Å²) in [7, 11) is 3.31. The van der Waals surface area contributed by atoms with Gasteiger partial charge in [-0.25, -0.2) is 0 Å². The van der Waals surface area contributed by atoms with E-state index in [1.165, 1.54) is 0 Å². The molecule has 1 aliphatic heterocycles. The molecule has 1 aromatic carbocycles. The second kappa shape index (κ2) is 11.8. The molecule has 2 aromatic rings. The first kappa shape index (κ1) is 26.2. The lowest BCUT2D eigenvalue weighted by molar-refractivity contribution is -0.115. The number of amides is 3. The number of likely N-dealkylation sites (N-methyl/N-ethyl adjacent to an activating group) is 1. The maximum Gasteiger partial charge on any atom is 0.257 e. The molecule has 2 heterocycles. The van der Waals surface area contributed by atoms with E-state index in [-0.39, 0.29) is 42.4 Å². The number of carbonyl (C=O) groups excluding carboxylic acids is 3. The molecule has 0 saturated carbocycles. The SMILES string of the molecule is CCC(=O)Nc1ccc2c(c1)C(=O)N(C)C[C@H](OC)[C@H](C)CN(C(=O)c1cccnc1)[C@@H](C)CO2. The van der Waals surface area contributed by atoms with Crippen molar-refractivity contribution >= 4 is 23.4 Å². The van der Waals surface area contributed by atoms with Crippen LogP contribution in [0.3, 0.4) is 0 Å². The first-order valence-electron chi connectivity index (χ1n) is 11.8. The Morgan fingerprint density at radius 1 is 1.23 bits per heavy atom. The Morgan fingerprint density at radius 3 is 2.66 bits per heavy atom. The number of pyridine rings is 1. The molecule has 1 aliphatic rings. The number of ether oxygens (including phenoxy) is 2. The first-order chi connectivity index (χ1) is 16.7. The fourth-order valence-corrected chi connectivity index (χ4v) is 4.04. The smallest absolute Gasteiger partial charge is 0.257 e. The third-order valence-electron chi connectivity index (χ3n) is 6.22. The van der Waals surface area contributed by atoms with E-state index in [4.69, 9.17) is 9.47 Å². The summed E-state index contributed by atoms with van der Waals surface area (Å²) in [5, 5.41) is 2.79. The highest BCUT2D eigenvalue weighted by atomic mass is 16.5. The number of hydrogen-bond donors (Lipinski definition) is 1. The monoisotopic (exact) mass is 482 g/mol. The molecule has 3 amide bonds. The Hall–Kier alpha value is -3.46. The molecule has 0 saturated heterocycles. The summed E-state index contributed by atoms with van der Waals surface area (Å²) in [6.45, 7) is 6.61. The van der Waals surface area contributed by atoms with E-state index in [1.807, 2.05) is 13.8 Å². The van der Waals surface area contributed by atoms with Crippen LogP contribution in [0.4, 0.5) is 5.69 Å². The number of nitrogens with one attached hydrogen (secondary N) is 1. The standard InChI is InChI=1S/C26H34N4O5/c1-6-24(31)28-20-9-10-22-21(12-20)26(33)29(4)15-23(34-5)17(2)14-30(18(3)16-35-22)25(32)19-8-7-11-27-13-19/h7-13,17-18,23H,6,14-16H2,1-5H3,(H,28,31)/t17-,18+,23+/m1/s1. The fourth-order valence-electron chi connectivity index (χ4n) is 4.04. The van der Waals surface area contributed by atoms with Crippen LogP contribution < -0.4 is 10.1 Å². The molecule has 0 bridgehead atoms. The van der Waals surface area contributed by atoms with Gasteiger partial charge >= 0.3 is 0 Å². The van der Waals surface area contributed by atoms with Crippen LogP contribution in [0.25, 0.3) is 0 Å². The van der Waals surface area contributed by atoms with E-state index in [0.717, 1.165) is 0 Å². The largest absolute Gasteiger partial charge is 0.491 e. The van der Waals surface area contributed by atoms with Gasteiger partial charge in [-0.2, -0.15) is 0 Å². The van der Waals surface area contributed by atoms with Crippen LogP contribution in [0.1, 0.15) is 47.9 Å². The Morgan fingerprint density at radius 2 is 2.00 bits per heavy atom. The van der Waals surface area contributed by atoms with Crippen LogP contribution in [0.5, 0.6) is 5.75 Å². The number of benzene rings is 1. The Balaban J connectivity index is 1.98. The van der Waals surface area contributed by atoms with Crippen molar-refractivity contribution in [1.82, 2.24) is 14.8 Å². The van der Waals surface area contributed by atoms with Crippen LogP contribution in [0.15, 0.2) is 42.7 Å². The lowest BCUT2D eigenvalue weighted by Crippen LogP contribution is -2.48. The molecule has 188 valence electrons. The lowest BCUT2D eigenvalue weighted by atomic mass is 10.0. The Kier molecular flexibility index (Phi) is 8.81. The third-order valence-corrected chi connectivity index (χ3v) is 6.22. The number of fused-ring (bicyclic) bond motifs is 1. The van der Waals surface area contributed by atoms with Crippen molar-refractivity contribution in [3.05, 3.63) is 53.9 Å². The number of rotatable bonds is 4. The first-order valence-corrected chi connectivity index (χ1v) is 11.8. The van der Waals surface area contributed by atoms with Crippen LogP contribution in [-0.2, 0) is 9.53 Å². The molecule has 0 aliphatic carbocycles. The van der Waals surface area contributed by atoms with Crippen LogP contribution in [0, 0.1) is 5.92 Å². The van der Waals surface area contributed by atoms with Crippen molar-refractivity contribution in [2.45, 2.75) is 39.3 Å². The van der Waals surface area contributed by atoms with Gasteiger partial charge in [0.25, 0.3) is 11.8 Å². The summed E-state index contributed by atoms with van der Waals surface area (Å²) < 4.78 is 11.8. The number of methoxy groups -OCH3 is 1. The van der Waals surface area contributed by atoms with Crippen molar-refractivity contribution in [3.8, 4) is 5.75 Å². The van der Waals surface area contributed by atoms with E-state index in [0.29, 0.717) is 42.1 Å². The topological polar surface area (TPSA) is 101 Å². The minimum absolute atomic E-state index is 0.0626. The molecule has 0 unspecified atom stereocenters. The van der Waals surface area contributed by atoms with Gasteiger partial charge in [-0.15, -0.1) is 0 Å². The molecule has 35 heavy (non-hydrogen) atoms. The van der Waals surface area contributed by atoms with Gasteiger partial charge in [-0.1, -0.05) is 13.8 Å². The summed E-state index contributed by atoms with van der Waals surface area (Å²) in [6, 6.07) is 8.19. The van der Waals surface area contributed by atoms with Gasteiger partial charge in [0.1, 0.15) is 12.4 Å². The molecule has 3 atom stereocenters. The molecular formula is C26H34N4O5. The van der Waals surface area contributed by atoms with E-state index < -0.39 is 0 Å². The molecule has 1 N–H and O–H groups in total. The Bertz CT molecular complexity index is 1050. The Labute approximate surface area is 206 Å². The summed E-state index contributed by atoms with van der Waals surface area (Å²) >= 11 is 0. The summed E-state index contributed by atoms with van der Waals surface area (Å²) in [5.41, 5.74) is 1.35. The van der Waals surface area contributed by atoms with Crippen molar-refractivity contribution in [1.29, 1.82) is 0 Å². The summed E-state index contributed by atoms with van der Waals surface area (Å²) in [6.07, 6.45) is 3.21. The predicted molar refractivity (Wildman–Crippen MR) is 133 cm³/mol. The van der Waals surface area contributed by atoms with Crippen LogP contribution in [0.2, 0.25) is 0 Å². The quantitative estimate of drug-likeness (QED) is 0.719. The number of nitrogens with zero attached hydrogens (tertiary/aromatic N) is 3. The predicted octanol–water partition coefficient (Wildman–Crippen LogP) is 3.08. The minimum Gasteiger partial charge on any atom is -0.491 e. The molecule has 9 nitrogen and oxygen atoms in total. The molecule has 0 spiro atoms. The zero-order valence-electron chi connectivity index (χ0n) is 21.0. The van der Waals surface area contributed by atoms with Crippen molar-refractivity contribution in [2.24, 2.45) is 5.92 Å². The highest BCUT2D eigenvalue weighted by Crippen LogP contribution is 2.27. The third kappa shape index (κ3) is 6.36.